The van der Waals surface area contributed by atoms with Crippen LogP contribution in [-0.2, 0) is 4.43 Å². The highest BCUT2D eigenvalue weighted by Gasteiger charge is 2.42. The van der Waals surface area contributed by atoms with Gasteiger partial charge in [-0.05, 0) is 47.1 Å². The van der Waals surface area contributed by atoms with E-state index in [2.05, 4.69) is 63.3 Å². The van der Waals surface area contributed by atoms with Crippen molar-refractivity contribution in [2.75, 3.05) is 13.9 Å². The lowest BCUT2D eigenvalue weighted by molar-refractivity contribution is 0.141. The molecule has 2 atom stereocenters. The Balaban J connectivity index is 2.58. The molecule has 1 aromatic carbocycles. The fourth-order valence-electron chi connectivity index (χ4n) is 2.59. The van der Waals surface area contributed by atoms with Gasteiger partial charge >= 0.3 is 0 Å². The van der Waals surface area contributed by atoms with E-state index >= 15 is 0 Å². The van der Waals surface area contributed by atoms with E-state index in [4.69, 9.17) is 18.6 Å². The van der Waals surface area contributed by atoms with E-state index in [9.17, 15) is 0 Å². The van der Waals surface area contributed by atoms with Crippen LogP contribution in [0.1, 0.15) is 46.3 Å². The van der Waals surface area contributed by atoms with Gasteiger partial charge in [0.05, 0.1) is 17.7 Å². The summed E-state index contributed by atoms with van der Waals surface area (Å²) in [6.45, 7) is 19.8. The SMILES string of the molecule is C=C(C)[C@H](C)[C@H](O[Si](C)(C)C(C)(C)C)c1cc2c(c(OC)c1Br)OCO2. The second-order valence-corrected chi connectivity index (χ2v) is 14.0. The van der Waals surface area contributed by atoms with Crippen molar-refractivity contribution in [1.29, 1.82) is 0 Å². The Kier molecular flexibility index (Phi) is 6.20. The molecule has 146 valence electrons. The second kappa shape index (κ2) is 7.56. The summed E-state index contributed by atoms with van der Waals surface area (Å²) in [6.07, 6.45) is -0.147. The number of hydrogen-bond donors (Lipinski definition) is 0. The molecule has 0 bridgehead atoms. The van der Waals surface area contributed by atoms with E-state index in [0.29, 0.717) is 17.2 Å². The lowest BCUT2D eigenvalue weighted by atomic mass is 9.92. The first-order chi connectivity index (χ1) is 11.9. The predicted octanol–water partition coefficient (Wildman–Crippen LogP) is 6.46. The highest BCUT2D eigenvalue weighted by atomic mass is 79.9. The quantitative estimate of drug-likeness (QED) is 0.373. The number of benzene rings is 1. The summed E-state index contributed by atoms with van der Waals surface area (Å²) in [5.74, 6) is 2.12. The molecule has 0 aliphatic carbocycles. The number of halogens is 1. The maximum absolute atomic E-state index is 6.85. The summed E-state index contributed by atoms with van der Waals surface area (Å²) >= 11 is 3.72. The van der Waals surface area contributed by atoms with E-state index in [1.165, 1.54) is 0 Å². The van der Waals surface area contributed by atoms with E-state index in [1.54, 1.807) is 7.11 Å². The van der Waals surface area contributed by atoms with Crippen LogP contribution in [0, 0.1) is 5.92 Å². The molecule has 26 heavy (non-hydrogen) atoms. The van der Waals surface area contributed by atoms with E-state index < -0.39 is 8.32 Å². The molecule has 0 radical (unpaired) electrons. The van der Waals surface area contributed by atoms with Crippen molar-refractivity contribution in [1.82, 2.24) is 0 Å². The van der Waals surface area contributed by atoms with Gasteiger partial charge in [0.2, 0.25) is 12.5 Å². The zero-order valence-electron chi connectivity index (χ0n) is 17.2. The van der Waals surface area contributed by atoms with E-state index in [0.717, 1.165) is 15.6 Å². The molecule has 4 nitrogen and oxygen atoms in total. The lowest BCUT2D eigenvalue weighted by Crippen LogP contribution is -2.43. The predicted molar refractivity (Wildman–Crippen MR) is 112 cm³/mol. The number of rotatable bonds is 6. The largest absolute Gasteiger partial charge is 0.492 e. The van der Waals surface area contributed by atoms with Gasteiger partial charge in [-0.2, -0.15) is 0 Å². The molecule has 0 saturated heterocycles. The van der Waals surface area contributed by atoms with Gasteiger partial charge in [0.15, 0.2) is 19.8 Å². The second-order valence-electron chi connectivity index (χ2n) is 8.48. The molecule has 1 aliphatic rings. The Morgan fingerprint density at radius 1 is 1.31 bits per heavy atom. The first-order valence-corrected chi connectivity index (χ1v) is 12.6. The summed E-state index contributed by atoms with van der Waals surface area (Å²) in [5, 5.41) is 0.104. The van der Waals surface area contributed by atoms with Crippen LogP contribution in [0.25, 0.3) is 0 Å². The van der Waals surface area contributed by atoms with Gasteiger partial charge in [0, 0.05) is 11.5 Å². The molecule has 0 amide bonds. The first kappa shape index (κ1) is 21.3. The van der Waals surface area contributed by atoms with Crippen LogP contribution in [0.15, 0.2) is 22.7 Å². The number of hydrogen-bond acceptors (Lipinski definition) is 4. The fourth-order valence-corrected chi connectivity index (χ4v) is 4.59. The van der Waals surface area contributed by atoms with Gasteiger partial charge in [-0.3, -0.25) is 0 Å². The van der Waals surface area contributed by atoms with Crippen LogP contribution >= 0.6 is 15.9 Å². The lowest BCUT2D eigenvalue weighted by Gasteiger charge is -2.41. The molecule has 0 spiro atoms. The van der Waals surface area contributed by atoms with Crippen LogP contribution in [-0.4, -0.2) is 22.2 Å². The first-order valence-electron chi connectivity index (χ1n) is 8.90. The molecule has 1 aliphatic heterocycles. The summed E-state index contributed by atoms with van der Waals surface area (Å²) in [7, 11) is -0.374. The van der Waals surface area contributed by atoms with Crippen LogP contribution in [0.3, 0.4) is 0 Å². The van der Waals surface area contributed by atoms with Crippen LogP contribution in [0.4, 0.5) is 0 Å². The minimum atomic E-state index is -2.01. The summed E-state index contributed by atoms with van der Waals surface area (Å²) in [5.41, 5.74) is 2.09. The average Bonchev–Trinajstić information content (AvgIpc) is 2.98. The van der Waals surface area contributed by atoms with E-state index in [1.807, 2.05) is 13.0 Å². The smallest absolute Gasteiger partial charge is 0.231 e. The number of ether oxygens (including phenoxy) is 3. The molecule has 2 rings (SSSR count). The standard InChI is InChI=1S/C20H31BrO4Si/c1-12(2)13(3)17(25-26(8,9)20(4,5)6)14-10-15-18(24-11-23-15)19(22-7)16(14)21/h10,13,17H,1,11H2,2-9H3/t13-,17-/m0/s1. The maximum atomic E-state index is 6.85. The van der Waals surface area contributed by atoms with E-state index in [-0.39, 0.29) is 23.9 Å². The summed E-state index contributed by atoms with van der Waals surface area (Å²) < 4.78 is 24.5. The van der Waals surface area contributed by atoms with Crippen LogP contribution < -0.4 is 14.2 Å². The van der Waals surface area contributed by atoms with Crippen molar-refractivity contribution in [3.05, 3.63) is 28.3 Å². The Bertz CT molecular complexity index is 694. The average molecular weight is 443 g/mol. The molecule has 0 aromatic heterocycles. The van der Waals surface area contributed by atoms with Crippen molar-refractivity contribution >= 4 is 24.2 Å². The molecule has 1 heterocycles. The third kappa shape index (κ3) is 3.97. The van der Waals surface area contributed by atoms with Gasteiger partial charge in [-0.25, -0.2) is 0 Å². The zero-order valence-corrected chi connectivity index (χ0v) is 19.7. The van der Waals surface area contributed by atoms with Crippen molar-refractivity contribution < 1.29 is 18.6 Å². The Morgan fingerprint density at radius 2 is 1.92 bits per heavy atom. The highest BCUT2D eigenvalue weighted by molar-refractivity contribution is 9.10. The highest BCUT2D eigenvalue weighted by Crippen LogP contribution is 2.52. The van der Waals surface area contributed by atoms with Crippen LogP contribution in [0.5, 0.6) is 17.2 Å². The third-order valence-electron chi connectivity index (χ3n) is 5.56. The fraction of sp³-hybridized carbons (Fsp3) is 0.600. The summed E-state index contributed by atoms with van der Waals surface area (Å²) in [4.78, 5) is 0. The molecule has 1 aromatic rings. The van der Waals surface area contributed by atoms with Gasteiger partial charge in [-0.15, -0.1) is 0 Å². The molecule has 0 unspecified atom stereocenters. The minimum absolute atomic E-state index is 0.104. The van der Waals surface area contributed by atoms with Gasteiger partial charge < -0.3 is 18.6 Å². The normalized spacial score (nSPS) is 16.3. The number of fused-ring (bicyclic) bond motifs is 1. The monoisotopic (exact) mass is 442 g/mol. The molecular weight excluding hydrogens is 412 g/mol. The van der Waals surface area contributed by atoms with Gasteiger partial charge in [0.25, 0.3) is 0 Å². The molecule has 6 heteroatoms. The molecule has 0 saturated carbocycles. The molecule has 0 fully saturated rings. The topological polar surface area (TPSA) is 36.9 Å². The zero-order chi connectivity index (χ0) is 19.9. The molecular formula is C20H31BrO4Si. The Morgan fingerprint density at radius 3 is 2.42 bits per heavy atom. The molecule has 0 N–H and O–H groups in total. The Hall–Kier alpha value is -0.983. The summed E-state index contributed by atoms with van der Waals surface area (Å²) in [6, 6.07) is 2.01. The van der Waals surface area contributed by atoms with Gasteiger partial charge in [-0.1, -0.05) is 39.8 Å². The van der Waals surface area contributed by atoms with Crippen molar-refractivity contribution in [2.24, 2.45) is 5.92 Å². The van der Waals surface area contributed by atoms with Crippen molar-refractivity contribution in [2.45, 2.75) is 58.9 Å². The maximum Gasteiger partial charge on any atom is 0.231 e. The van der Waals surface area contributed by atoms with Crippen LogP contribution in [0.2, 0.25) is 18.1 Å². The minimum Gasteiger partial charge on any atom is -0.492 e. The number of methoxy groups -OCH3 is 1. The third-order valence-corrected chi connectivity index (χ3v) is 10.8. The van der Waals surface area contributed by atoms with Crippen molar-refractivity contribution in [3.8, 4) is 17.2 Å². The Labute approximate surface area is 167 Å². The van der Waals surface area contributed by atoms with Gasteiger partial charge in [0.1, 0.15) is 0 Å². The van der Waals surface area contributed by atoms with Crippen molar-refractivity contribution in [3.63, 3.8) is 0 Å².